The lowest BCUT2D eigenvalue weighted by molar-refractivity contribution is -0.166. The van der Waals surface area contributed by atoms with Crippen molar-refractivity contribution in [3.05, 3.63) is 35.4 Å². The first-order valence-corrected chi connectivity index (χ1v) is 6.96. The third-order valence-electron chi connectivity index (χ3n) is 3.37. The fourth-order valence-electron chi connectivity index (χ4n) is 2.26. The molecule has 1 aromatic carbocycles. The quantitative estimate of drug-likeness (QED) is 0.776. The first-order chi connectivity index (χ1) is 8.48. The van der Waals surface area contributed by atoms with Gasteiger partial charge in [-0.05, 0) is 11.0 Å². The minimum absolute atomic E-state index is 0.162. The summed E-state index contributed by atoms with van der Waals surface area (Å²) in [5.74, 6) is -0.0980. The van der Waals surface area contributed by atoms with Crippen LogP contribution >= 0.6 is 11.6 Å². The maximum atomic E-state index is 5.86. The van der Waals surface area contributed by atoms with E-state index in [1.54, 1.807) is 0 Å². The molecule has 2 nitrogen and oxygen atoms in total. The highest BCUT2D eigenvalue weighted by Gasteiger charge is 2.37. The molecule has 0 amide bonds. The smallest absolute Gasteiger partial charge is 0.196 e. The van der Waals surface area contributed by atoms with Crippen molar-refractivity contribution in [2.45, 2.75) is 38.4 Å². The Labute approximate surface area is 114 Å². The molecule has 1 heterocycles. The van der Waals surface area contributed by atoms with E-state index in [4.69, 9.17) is 21.1 Å². The molecule has 0 atom stereocenters. The third-order valence-corrected chi connectivity index (χ3v) is 3.56. The predicted octanol–water partition coefficient (Wildman–Crippen LogP) is 3.81. The molecule has 18 heavy (non-hydrogen) atoms. The molecule has 2 rings (SSSR count). The van der Waals surface area contributed by atoms with E-state index in [0.29, 0.717) is 25.5 Å². The van der Waals surface area contributed by atoms with Crippen molar-refractivity contribution >= 4 is 11.6 Å². The molecule has 0 radical (unpaired) electrons. The Morgan fingerprint density at radius 1 is 1.11 bits per heavy atom. The zero-order valence-corrected chi connectivity index (χ0v) is 12.1. The lowest BCUT2D eigenvalue weighted by Crippen LogP contribution is -2.28. The van der Waals surface area contributed by atoms with Crippen LogP contribution in [0.15, 0.2) is 24.3 Å². The summed E-state index contributed by atoms with van der Waals surface area (Å²) in [6, 6.07) is 8.49. The maximum Gasteiger partial charge on any atom is 0.196 e. The van der Waals surface area contributed by atoms with Gasteiger partial charge in [-0.1, -0.05) is 45.0 Å². The Balaban J connectivity index is 2.27. The van der Waals surface area contributed by atoms with Crippen molar-refractivity contribution in [2.24, 2.45) is 0 Å². The molecule has 1 aliphatic rings. The Bertz CT molecular complexity index is 386. The van der Waals surface area contributed by atoms with Gasteiger partial charge in [0.2, 0.25) is 0 Å². The van der Waals surface area contributed by atoms with Gasteiger partial charge in [0.25, 0.3) is 0 Å². The molecule has 1 fully saturated rings. The van der Waals surface area contributed by atoms with Gasteiger partial charge < -0.3 is 9.47 Å². The van der Waals surface area contributed by atoms with Crippen LogP contribution in [-0.4, -0.2) is 19.1 Å². The van der Waals surface area contributed by atoms with E-state index in [2.05, 4.69) is 45.0 Å². The van der Waals surface area contributed by atoms with Crippen molar-refractivity contribution in [1.29, 1.82) is 0 Å². The predicted molar refractivity (Wildman–Crippen MR) is 74.1 cm³/mol. The van der Waals surface area contributed by atoms with E-state index in [-0.39, 0.29) is 5.41 Å². The van der Waals surface area contributed by atoms with Gasteiger partial charge in [0.05, 0.1) is 13.2 Å². The Hall–Kier alpha value is -0.570. The summed E-state index contributed by atoms with van der Waals surface area (Å²) in [5.41, 5.74) is 2.54. The highest BCUT2D eigenvalue weighted by molar-refractivity contribution is 6.17. The molecule has 0 aromatic heterocycles. The number of halogens is 1. The van der Waals surface area contributed by atoms with Gasteiger partial charge in [-0.25, -0.2) is 0 Å². The monoisotopic (exact) mass is 268 g/mol. The SMILES string of the molecule is CC(C)(C)c1ccc(C2(CCCl)OCCO2)cc1. The number of benzene rings is 1. The van der Waals surface area contributed by atoms with E-state index in [9.17, 15) is 0 Å². The van der Waals surface area contributed by atoms with Crippen LogP contribution < -0.4 is 0 Å². The summed E-state index contributed by atoms with van der Waals surface area (Å²) in [6.45, 7) is 7.90. The molecule has 0 N–H and O–H groups in total. The summed E-state index contributed by atoms with van der Waals surface area (Å²) in [6.07, 6.45) is 0.684. The van der Waals surface area contributed by atoms with Crippen LogP contribution in [-0.2, 0) is 20.7 Å². The maximum absolute atomic E-state index is 5.86. The summed E-state index contributed by atoms with van der Waals surface area (Å²) >= 11 is 5.86. The van der Waals surface area contributed by atoms with Crippen LogP contribution in [0.3, 0.4) is 0 Å². The second-order valence-corrected chi connectivity index (χ2v) is 6.09. The molecule has 0 unspecified atom stereocenters. The Kier molecular flexibility index (Phi) is 4.00. The zero-order valence-electron chi connectivity index (χ0n) is 11.3. The standard InChI is InChI=1S/C15H21ClO2/c1-14(2,3)12-4-6-13(7-5-12)15(8-9-16)17-10-11-18-15/h4-7H,8-11H2,1-3H3. The van der Waals surface area contributed by atoms with Crippen molar-refractivity contribution in [3.63, 3.8) is 0 Å². The van der Waals surface area contributed by atoms with E-state index in [1.807, 2.05) is 0 Å². The van der Waals surface area contributed by atoms with Gasteiger partial charge in [-0.2, -0.15) is 0 Å². The number of rotatable bonds is 3. The molecule has 0 spiro atoms. The molecule has 100 valence electrons. The number of hydrogen-bond acceptors (Lipinski definition) is 2. The highest BCUT2D eigenvalue weighted by Crippen LogP contribution is 2.36. The second kappa shape index (κ2) is 5.20. The average molecular weight is 269 g/mol. The number of ether oxygens (including phenoxy) is 2. The third kappa shape index (κ3) is 2.71. The summed E-state index contributed by atoms with van der Waals surface area (Å²) in [4.78, 5) is 0. The molecule has 3 heteroatoms. The summed E-state index contributed by atoms with van der Waals surface area (Å²) < 4.78 is 11.6. The largest absolute Gasteiger partial charge is 0.343 e. The minimum atomic E-state index is -0.627. The minimum Gasteiger partial charge on any atom is -0.343 e. The van der Waals surface area contributed by atoms with Gasteiger partial charge in [-0.15, -0.1) is 11.6 Å². The van der Waals surface area contributed by atoms with E-state index >= 15 is 0 Å². The van der Waals surface area contributed by atoms with Crippen LogP contribution in [0, 0.1) is 0 Å². The summed E-state index contributed by atoms with van der Waals surface area (Å²) in [5, 5.41) is 0. The van der Waals surface area contributed by atoms with Gasteiger partial charge in [0.15, 0.2) is 5.79 Å². The van der Waals surface area contributed by atoms with Crippen molar-refractivity contribution in [2.75, 3.05) is 19.1 Å². The number of alkyl halides is 1. The van der Waals surface area contributed by atoms with Gasteiger partial charge in [0, 0.05) is 17.9 Å². The van der Waals surface area contributed by atoms with Crippen LogP contribution in [0.2, 0.25) is 0 Å². The lowest BCUT2D eigenvalue weighted by Gasteiger charge is -2.28. The second-order valence-electron chi connectivity index (χ2n) is 5.72. The molecule has 0 aliphatic carbocycles. The van der Waals surface area contributed by atoms with Crippen LogP contribution in [0.5, 0.6) is 0 Å². The molecular weight excluding hydrogens is 248 g/mol. The lowest BCUT2D eigenvalue weighted by atomic mass is 9.86. The van der Waals surface area contributed by atoms with Gasteiger partial charge in [0.1, 0.15) is 0 Å². The van der Waals surface area contributed by atoms with E-state index < -0.39 is 5.79 Å². The van der Waals surface area contributed by atoms with Crippen LogP contribution in [0.4, 0.5) is 0 Å². The molecular formula is C15H21ClO2. The first kappa shape index (κ1) is 13.9. The summed E-state index contributed by atoms with van der Waals surface area (Å²) in [7, 11) is 0. The fourth-order valence-corrected chi connectivity index (χ4v) is 2.51. The van der Waals surface area contributed by atoms with Crippen molar-refractivity contribution in [3.8, 4) is 0 Å². The van der Waals surface area contributed by atoms with Crippen LogP contribution in [0.25, 0.3) is 0 Å². The van der Waals surface area contributed by atoms with Crippen LogP contribution in [0.1, 0.15) is 38.3 Å². The Morgan fingerprint density at radius 2 is 1.67 bits per heavy atom. The topological polar surface area (TPSA) is 18.5 Å². The Morgan fingerprint density at radius 3 is 2.11 bits per heavy atom. The zero-order chi connectivity index (χ0) is 13.2. The average Bonchev–Trinajstić information content (AvgIpc) is 2.78. The van der Waals surface area contributed by atoms with Gasteiger partial charge >= 0.3 is 0 Å². The molecule has 0 saturated carbocycles. The fraction of sp³-hybridized carbons (Fsp3) is 0.600. The number of hydrogen-bond donors (Lipinski definition) is 0. The highest BCUT2D eigenvalue weighted by atomic mass is 35.5. The molecule has 0 bridgehead atoms. The van der Waals surface area contributed by atoms with Crippen molar-refractivity contribution in [1.82, 2.24) is 0 Å². The molecule has 1 saturated heterocycles. The molecule has 1 aliphatic heterocycles. The normalized spacial score (nSPS) is 19.1. The van der Waals surface area contributed by atoms with E-state index in [0.717, 1.165) is 5.56 Å². The molecule has 1 aromatic rings. The van der Waals surface area contributed by atoms with E-state index in [1.165, 1.54) is 5.56 Å². The van der Waals surface area contributed by atoms with Crippen molar-refractivity contribution < 1.29 is 9.47 Å². The van der Waals surface area contributed by atoms with Gasteiger partial charge in [-0.3, -0.25) is 0 Å². The first-order valence-electron chi connectivity index (χ1n) is 6.43.